The zero-order valence-electron chi connectivity index (χ0n) is 9.89. The molecule has 1 unspecified atom stereocenters. The zero-order chi connectivity index (χ0) is 12.3. The first kappa shape index (κ1) is 12.3. The van der Waals surface area contributed by atoms with Gasteiger partial charge in [0.1, 0.15) is 0 Å². The fraction of sp³-hybridized carbons (Fsp3) is 0.818. The van der Waals surface area contributed by atoms with Crippen molar-refractivity contribution in [2.75, 3.05) is 39.3 Å². The van der Waals surface area contributed by atoms with Crippen LogP contribution >= 0.6 is 0 Å². The number of hydrogen-bond acceptors (Lipinski definition) is 4. The predicted octanol–water partition coefficient (Wildman–Crippen LogP) is -1.60. The highest BCUT2D eigenvalue weighted by molar-refractivity contribution is 6.34. The summed E-state index contributed by atoms with van der Waals surface area (Å²) in [6, 6.07) is 0. The third-order valence-electron chi connectivity index (χ3n) is 3.26. The number of hydrogen-bond donors (Lipinski definition) is 2. The van der Waals surface area contributed by atoms with E-state index in [1.54, 1.807) is 4.90 Å². The van der Waals surface area contributed by atoms with E-state index in [4.69, 9.17) is 0 Å². The maximum Gasteiger partial charge on any atom is 0.312 e. The van der Waals surface area contributed by atoms with Gasteiger partial charge in [-0.05, 0) is 19.4 Å². The van der Waals surface area contributed by atoms with Crippen molar-refractivity contribution < 1.29 is 14.7 Å². The van der Waals surface area contributed by atoms with E-state index in [-0.39, 0.29) is 6.54 Å². The first-order chi connectivity index (χ1) is 8.18. The Morgan fingerprint density at radius 2 is 1.82 bits per heavy atom. The molecule has 2 aliphatic rings. The number of aliphatic hydroxyl groups is 1. The molecule has 2 heterocycles. The third-order valence-corrected chi connectivity index (χ3v) is 3.26. The number of rotatable bonds is 0. The Kier molecular flexibility index (Phi) is 3.96. The van der Waals surface area contributed by atoms with E-state index >= 15 is 0 Å². The Hall–Kier alpha value is -1.14. The number of β-amino-alcohol motifs (C(OH)–C–C–N with tert-alkyl or cyclic N) is 1. The topological polar surface area (TPSA) is 72.9 Å². The Balaban J connectivity index is 1.91. The summed E-state index contributed by atoms with van der Waals surface area (Å²) < 4.78 is 0. The van der Waals surface area contributed by atoms with Crippen LogP contribution in [0.3, 0.4) is 0 Å². The van der Waals surface area contributed by atoms with Crippen LogP contribution in [-0.4, -0.2) is 72.1 Å². The zero-order valence-corrected chi connectivity index (χ0v) is 9.89. The van der Waals surface area contributed by atoms with Gasteiger partial charge in [0.2, 0.25) is 0 Å². The standard InChI is InChI=1S/C11H19N3O3/c15-9-2-6-14(8-9)11(17)10(16)13-5-1-3-12-4-7-13/h9,12,15H,1-8H2. The smallest absolute Gasteiger partial charge is 0.312 e. The highest BCUT2D eigenvalue weighted by Crippen LogP contribution is 2.10. The molecule has 6 heteroatoms. The van der Waals surface area contributed by atoms with Crippen molar-refractivity contribution in [3.8, 4) is 0 Å². The van der Waals surface area contributed by atoms with Crippen LogP contribution in [0.5, 0.6) is 0 Å². The van der Waals surface area contributed by atoms with Crippen LogP contribution in [0.15, 0.2) is 0 Å². The van der Waals surface area contributed by atoms with Gasteiger partial charge in [-0.2, -0.15) is 0 Å². The summed E-state index contributed by atoms with van der Waals surface area (Å²) in [5.41, 5.74) is 0. The van der Waals surface area contributed by atoms with E-state index in [9.17, 15) is 14.7 Å². The number of amides is 2. The highest BCUT2D eigenvalue weighted by Gasteiger charge is 2.31. The van der Waals surface area contributed by atoms with Gasteiger partial charge in [-0.3, -0.25) is 9.59 Å². The highest BCUT2D eigenvalue weighted by atomic mass is 16.3. The molecule has 2 amide bonds. The summed E-state index contributed by atoms with van der Waals surface area (Å²) in [4.78, 5) is 26.9. The molecule has 96 valence electrons. The second-order valence-electron chi connectivity index (χ2n) is 4.59. The molecule has 0 bridgehead atoms. The molecular weight excluding hydrogens is 222 g/mol. The summed E-state index contributed by atoms with van der Waals surface area (Å²) >= 11 is 0. The summed E-state index contributed by atoms with van der Waals surface area (Å²) in [5, 5.41) is 12.5. The first-order valence-corrected chi connectivity index (χ1v) is 6.15. The molecule has 0 spiro atoms. The minimum atomic E-state index is -0.474. The van der Waals surface area contributed by atoms with Crippen molar-refractivity contribution >= 4 is 11.8 Å². The number of nitrogens with zero attached hydrogens (tertiary/aromatic N) is 2. The van der Waals surface area contributed by atoms with Gasteiger partial charge in [-0.15, -0.1) is 0 Å². The van der Waals surface area contributed by atoms with Crippen LogP contribution in [0.2, 0.25) is 0 Å². The molecule has 2 N–H and O–H groups in total. The van der Waals surface area contributed by atoms with Gasteiger partial charge < -0.3 is 20.2 Å². The van der Waals surface area contributed by atoms with E-state index < -0.39 is 17.9 Å². The van der Waals surface area contributed by atoms with Gasteiger partial charge in [0.25, 0.3) is 0 Å². The van der Waals surface area contributed by atoms with Gasteiger partial charge in [0.05, 0.1) is 6.10 Å². The number of likely N-dealkylation sites (tertiary alicyclic amines) is 1. The molecule has 6 nitrogen and oxygen atoms in total. The Morgan fingerprint density at radius 3 is 2.53 bits per heavy atom. The lowest BCUT2D eigenvalue weighted by Gasteiger charge is -2.22. The van der Waals surface area contributed by atoms with Crippen LogP contribution in [0.4, 0.5) is 0 Å². The molecule has 2 saturated heterocycles. The number of carbonyl (C=O) groups excluding carboxylic acids is 2. The average Bonchev–Trinajstić information content (AvgIpc) is 2.60. The van der Waals surface area contributed by atoms with Gasteiger partial charge in [0, 0.05) is 32.7 Å². The van der Waals surface area contributed by atoms with Gasteiger partial charge in [-0.25, -0.2) is 0 Å². The predicted molar refractivity (Wildman–Crippen MR) is 61.3 cm³/mol. The first-order valence-electron chi connectivity index (χ1n) is 6.15. The van der Waals surface area contributed by atoms with Crippen LogP contribution in [0.1, 0.15) is 12.8 Å². The lowest BCUT2D eigenvalue weighted by molar-refractivity contribution is -0.151. The summed E-state index contributed by atoms with van der Waals surface area (Å²) in [6.07, 6.45) is 0.972. The Morgan fingerprint density at radius 1 is 1.06 bits per heavy atom. The Bertz CT molecular complexity index is 300. The lowest BCUT2D eigenvalue weighted by Crippen LogP contribution is -2.45. The lowest BCUT2D eigenvalue weighted by atomic mass is 10.3. The van der Waals surface area contributed by atoms with Crippen molar-refractivity contribution in [3.05, 3.63) is 0 Å². The quantitative estimate of drug-likeness (QED) is 0.501. The molecule has 1 atom stereocenters. The fourth-order valence-corrected chi connectivity index (χ4v) is 2.25. The molecule has 2 rings (SSSR count). The molecule has 0 aromatic carbocycles. The summed E-state index contributed by atoms with van der Waals surface area (Å²) in [5.74, 6) is -0.897. The molecule has 0 aliphatic carbocycles. The minimum Gasteiger partial charge on any atom is -0.391 e. The fourth-order valence-electron chi connectivity index (χ4n) is 2.25. The van der Waals surface area contributed by atoms with Gasteiger partial charge >= 0.3 is 11.8 Å². The molecule has 2 fully saturated rings. The maximum atomic E-state index is 12.0. The molecule has 0 radical (unpaired) electrons. The van der Waals surface area contributed by atoms with E-state index in [1.807, 2.05) is 0 Å². The van der Waals surface area contributed by atoms with E-state index in [0.717, 1.165) is 19.5 Å². The third kappa shape index (κ3) is 2.95. The summed E-state index contributed by atoms with van der Waals surface area (Å²) in [6.45, 7) is 3.62. The molecule has 0 aromatic rings. The van der Waals surface area contributed by atoms with E-state index in [2.05, 4.69) is 5.32 Å². The van der Waals surface area contributed by atoms with Crippen molar-refractivity contribution in [3.63, 3.8) is 0 Å². The average molecular weight is 241 g/mol. The van der Waals surface area contributed by atoms with Crippen molar-refractivity contribution in [1.29, 1.82) is 0 Å². The van der Waals surface area contributed by atoms with Crippen LogP contribution in [0, 0.1) is 0 Å². The maximum absolute atomic E-state index is 12.0. The number of nitrogens with one attached hydrogen (secondary N) is 1. The van der Waals surface area contributed by atoms with Crippen LogP contribution < -0.4 is 5.32 Å². The normalized spacial score (nSPS) is 25.8. The SMILES string of the molecule is O=C(C(=O)N1CCC(O)C1)N1CCCNCC1. The van der Waals surface area contributed by atoms with Gasteiger partial charge in [0.15, 0.2) is 0 Å². The number of aliphatic hydroxyl groups excluding tert-OH is 1. The van der Waals surface area contributed by atoms with E-state index in [0.29, 0.717) is 26.1 Å². The van der Waals surface area contributed by atoms with Crippen molar-refractivity contribution in [2.45, 2.75) is 18.9 Å². The van der Waals surface area contributed by atoms with Crippen molar-refractivity contribution in [1.82, 2.24) is 15.1 Å². The Labute approximate surface area is 101 Å². The van der Waals surface area contributed by atoms with E-state index in [1.165, 1.54) is 4.90 Å². The second-order valence-corrected chi connectivity index (χ2v) is 4.59. The van der Waals surface area contributed by atoms with Crippen molar-refractivity contribution in [2.24, 2.45) is 0 Å². The molecule has 17 heavy (non-hydrogen) atoms. The molecular formula is C11H19N3O3. The number of carbonyl (C=O) groups is 2. The van der Waals surface area contributed by atoms with Gasteiger partial charge in [-0.1, -0.05) is 0 Å². The van der Waals surface area contributed by atoms with Crippen LogP contribution in [0.25, 0.3) is 0 Å². The molecule has 0 saturated carbocycles. The second kappa shape index (κ2) is 5.46. The summed E-state index contributed by atoms with van der Waals surface area (Å²) in [7, 11) is 0. The molecule has 0 aromatic heterocycles. The monoisotopic (exact) mass is 241 g/mol. The minimum absolute atomic E-state index is 0.288. The molecule has 2 aliphatic heterocycles. The largest absolute Gasteiger partial charge is 0.391 e. The van der Waals surface area contributed by atoms with Crippen LogP contribution in [-0.2, 0) is 9.59 Å².